The zero-order valence-electron chi connectivity index (χ0n) is 13.1. The highest BCUT2D eigenvalue weighted by Gasteiger charge is 2.10. The van der Waals surface area contributed by atoms with Crippen molar-refractivity contribution in [1.29, 1.82) is 0 Å². The number of nitrogens with one attached hydrogen (secondary N) is 1. The van der Waals surface area contributed by atoms with E-state index in [4.69, 9.17) is 5.73 Å². The van der Waals surface area contributed by atoms with Gasteiger partial charge in [0.2, 0.25) is 17.5 Å². The Morgan fingerprint density at radius 2 is 1.27 bits per heavy atom. The molecule has 0 bridgehead atoms. The predicted molar refractivity (Wildman–Crippen MR) is 92.8 cm³/mol. The lowest BCUT2D eigenvalue weighted by atomic mass is 10.2. The quantitative estimate of drug-likeness (QED) is 0.163. The van der Waals surface area contributed by atoms with Gasteiger partial charge < -0.3 is 36.4 Å². The third-order valence-corrected chi connectivity index (χ3v) is 3.07. The fraction of sp³-hybridized carbons (Fsp3) is 0. The van der Waals surface area contributed by atoms with Crippen LogP contribution in [-0.2, 0) is 0 Å². The van der Waals surface area contributed by atoms with Gasteiger partial charge in [0.1, 0.15) is 0 Å². The molecule has 11 nitrogen and oxygen atoms in total. The summed E-state index contributed by atoms with van der Waals surface area (Å²) in [5, 5.41) is 67.1. The topological polar surface area (TPSA) is 197 Å². The van der Waals surface area contributed by atoms with Gasteiger partial charge in [0.15, 0.2) is 23.0 Å². The van der Waals surface area contributed by atoms with E-state index < -0.39 is 34.5 Å². The Bertz CT molecular complexity index is 910. The summed E-state index contributed by atoms with van der Waals surface area (Å²) < 4.78 is 0. The Kier molecular flexibility index (Phi) is 5.33. The van der Waals surface area contributed by atoms with Crippen LogP contribution in [-0.4, -0.2) is 49.0 Å². The standard InChI is InChI=1S/C15H15N5O6/c16-15(19-17-5-7-1-3-9(21)13(25)11(7)23)20-18-6-8-2-4-10(22)14(26)12(8)24/h1-6,21-26H,(H3,16,19,20)/b17-5+,18-6+. The van der Waals surface area contributed by atoms with E-state index in [1.54, 1.807) is 0 Å². The third-order valence-electron chi connectivity index (χ3n) is 3.07. The first kappa shape index (κ1) is 18.2. The molecule has 0 spiro atoms. The van der Waals surface area contributed by atoms with Crippen LogP contribution in [0.4, 0.5) is 0 Å². The molecule has 0 aliphatic heterocycles. The number of benzene rings is 2. The summed E-state index contributed by atoms with van der Waals surface area (Å²) in [6, 6.07) is 4.93. The van der Waals surface area contributed by atoms with E-state index in [1.807, 2.05) is 0 Å². The summed E-state index contributed by atoms with van der Waals surface area (Å²) in [4.78, 5) is 0. The van der Waals surface area contributed by atoms with Crippen LogP contribution in [0.3, 0.4) is 0 Å². The zero-order chi connectivity index (χ0) is 19.3. The van der Waals surface area contributed by atoms with E-state index in [2.05, 4.69) is 20.7 Å². The Labute approximate surface area is 146 Å². The second-order valence-electron chi connectivity index (χ2n) is 4.84. The first-order valence-corrected chi connectivity index (χ1v) is 6.94. The maximum atomic E-state index is 9.60. The van der Waals surface area contributed by atoms with E-state index in [1.165, 1.54) is 12.1 Å². The van der Waals surface area contributed by atoms with E-state index in [9.17, 15) is 30.6 Å². The fourth-order valence-corrected chi connectivity index (χ4v) is 1.72. The molecule has 2 aromatic carbocycles. The molecule has 0 saturated heterocycles. The molecule has 2 rings (SSSR count). The maximum absolute atomic E-state index is 9.60. The molecule has 9 N–H and O–H groups in total. The molecule has 0 unspecified atom stereocenters. The lowest BCUT2D eigenvalue weighted by molar-refractivity contribution is 0.367. The van der Waals surface area contributed by atoms with Crippen molar-refractivity contribution in [2.45, 2.75) is 0 Å². The van der Waals surface area contributed by atoms with Crippen LogP contribution in [0.25, 0.3) is 0 Å². The molecule has 136 valence electrons. The van der Waals surface area contributed by atoms with Gasteiger partial charge in [0, 0.05) is 11.1 Å². The molecule has 0 saturated carbocycles. The SMILES string of the molecule is N/C(=N\N=C\c1ccc(O)c(O)c1O)N/N=C/c1ccc(O)c(O)c1O. The van der Waals surface area contributed by atoms with Crippen LogP contribution in [0.1, 0.15) is 11.1 Å². The second kappa shape index (κ2) is 7.61. The van der Waals surface area contributed by atoms with Gasteiger partial charge in [-0.05, 0) is 24.3 Å². The molecule has 2 aromatic rings. The van der Waals surface area contributed by atoms with Gasteiger partial charge in [-0.25, -0.2) is 5.43 Å². The highest BCUT2D eigenvalue weighted by Crippen LogP contribution is 2.36. The lowest BCUT2D eigenvalue weighted by Gasteiger charge is -2.03. The molecule has 0 fully saturated rings. The summed E-state index contributed by atoms with van der Waals surface area (Å²) >= 11 is 0. The molecule has 0 atom stereocenters. The molecule has 0 aliphatic rings. The number of hydrogen-bond donors (Lipinski definition) is 8. The Morgan fingerprint density at radius 3 is 1.81 bits per heavy atom. The summed E-state index contributed by atoms with van der Waals surface area (Å²) in [5.74, 6) is -3.72. The smallest absolute Gasteiger partial charge is 0.234 e. The summed E-state index contributed by atoms with van der Waals surface area (Å²) in [6.07, 6.45) is 2.20. The van der Waals surface area contributed by atoms with Gasteiger partial charge in [-0.2, -0.15) is 10.2 Å². The van der Waals surface area contributed by atoms with E-state index >= 15 is 0 Å². The molecule has 0 radical (unpaired) electrons. The Morgan fingerprint density at radius 1 is 0.769 bits per heavy atom. The van der Waals surface area contributed by atoms with Crippen LogP contribution < -0.4 is 11.2 Å². The normalized spacial score (nSPS) is 12.1. The Balaban J connectivity index is 2.03. The van der Waals surface area contributed by atoms with Crippen molar-refractivity contribution in [3.05, 3.63) is 35.4 Å². The maximum Gasteiger partial charge on any atom is 0.234 e. The van der Waals surface area contributed by atoms with Gasteiger partial charge in [-0.1, -0.05) is 0 Å². The molecular formula is C15H15N5O6. The number of hydrazone groups is 1. The summed E-state index contributed by atoms with van der Waals surface area (Å²) in [7, 11) is 0. The monoisotopic (exact) mass is 361 g/mol. The first-order valence-electron chi connectivity index (χ1n) is 6.94. The van der Waals surface area contributed by atoms with Gasteiger partial charge >= 0.3 is 0 Å². The summed E-state index contributed by atoms with van der Waals surface area (Å²) in [6.45, 7) is 0. The van der Waals surface area contributed by atoms with Crippen molar-refractivity contribution in [2.75, 3.05) is 0 Å². The minimum atomic E-state index is -0.689. The largest absolute Gasteiger partial charge is 0.504 e. The van der Waals surface area contributed by atoms with Crippen molar-refractivity contribution < 1.29 is 30.6 Å². The van der Waals surface area contributed by atoms with Crippen molar-refractivity contribution >= 4 is 18.4 Å². The number of nitrogens with two attached hydrogens (primary N) is 1. The number of guanidine groups is 1. The minimum absolute atomic E-state index is 0.0878. The lowest BCUT2D eigenvalue weighted by Crippen LogP contribution is -2.26. The number of phenols is 6. The van der Waals surface area contributed by atoms with Crippen LogP contribution in [0, 0.1) is 0 Å². The predicted octanol–water partition coefficient (Wildman–Crippen LogP) is 0.192. The molecule has 0 aromatic heterocycles. The number of aromatic hydroxyl groups is 6. The molecule has 0 amide bonds. The number of phenolic OH excluding ortho intramolecular Hbond substituents is 6. The Hall–Kier alpha value is -4.15. The van der Waals surface area contributed by atoms with Crippen LogP contribution in [0.15, 0.2) is 39.6 Å². The molecule has 0 aliphatic carbocycles. The van der Waals surface area contributed by atoms with Crippen LogP contribution in [0.2, 0.25) is 0 Å². The van der Waals surface area contributed by atoms with Gasteiger partial charge in [-0.3, -0.25) is 0 Å². The van der Waals surface area contributed by atoms with Crippen molar-refractivity contribution in [2.24, 2.45) is 21.0 Å². The highest BCUT2D eigenvalue weighted by molar-refractivity contribution is 5.88. The van der Waals surface area contributed by atoms with Crippen molar-refractivity contribution in [3.8, 4) is 34.5 Å². The van der Waals surface area contributed by atoms with Gasteiger partial charge in [0.25, 0.3) is 0 Å². The van der Waals surface area contributed by atoms with E-state index in [-0.39, 0.29) is 17.1 Å². The fourth-order valence-electron chi connectivity index (χ4n) is 1.72. The third kappa shape index (κ3) is 4.03. The van der Waals surface area contributed by atoms with Gasteiger partial charge in [-0.15, -0.1) is 5.10 Å². The second-order valence-corrected chi connectivity index (χ2v) is 4.84. The highest BCUT2D eigenvalue weighted by atomic mass is 16.3. The van der Waals surface area contributed by atoms with Crippen LogP contribution >= 0.6 is 0 Å². The molecular weight excluding hydrogens is 346 g/mol. The number of nitrogens with zero attached hydrogens (tertiary/aromatic N) is 3. The summed E-state index contributed by atoms with van der Waals surface area (Å²) in [5.41, 5.74) is 7.98. The number of hydrogen-bond acceptors (Lipinski definition) is 9. The average Bonchev–Trinajstić information content (AvgIpc) is 2.61. The number of rotatable bonds is 4. The first-order chi connectivity index (χ1) is 12.3. The van der Waals surface area contributed by atoms with Crippen LogP contribution in [0.5, 0.6) is 34.5 Å². The van der Waals surface area contributed by atoms with E-state index in [0.29, 0.717) is 0 Å². The van der Waals surface area contributed by atoms with Crippen molar-refractivity contribution in [1.82, 2.24) is 5.43 Å². The molecule has 11 heteroatoms. The van der Waals surface area contributed by atoms with Crippen molar-refractivity contribution in [3.63, 3.8) is 0 Å². The van der Waals surface area contributed by atoms with E-state index in [0.717, 1.165) is 24.6 Å². The molecule has 0 heterocycles. The molecule has 26 heavy (non-hydrogen) atoms. The minimum Gasteiger partial charge on any atom is -0.504 e. The average molecular weight is 361 g/mol. The zero-order valence-corrected chi connectivity index (χ0v) is 13.1. The van der Waals surface area contributed by atoms with Gasteiger partial charge in [0.05, 0.1) is 12.4 Å².